The standard InChI is InChI=1S/C20H22N6O2S/c1-13-24-25-20(29-13)23-19(27)15-4-3-9-26(11-15)18-10-17(21-12-22-18)14-5-7-16(28-2)8-6-14/h5-8,10,12,15H,3-4,9,11H2,1-2H3,(H,23,25,27). The lowest BCUT2D eigenvalue weighted by Gasteiger charge is -2.32. The largest absolute Gasteiger partial charge is 0.497 e. The van der Waals surface area contributed by atoms with Gasteiger partial charge in [-0.15, -0.1) is 10.2 Å². The Morgan fingerprint density at radius 2 is 2.07 bits per heavy atom. The third-order valence-electron chi connectivity index (χ3n) is 4.91. The Morgan fingerprint density at radius 3 is 2.79 bits per heavy atom. The second-order valence-electron chi connectivity index (χ2n) is 6.89. The van der Waals surface area contributed by atoms with Crippen LogP contribution in [0.15, 0.2) is 36.7 Å². The molecule has 1 saturated heterocycles. The molecule has 2 aromatic heterocycles. The normalized spacial score (nSPS) is 16.5. The molecule has 29 heavy (non-hydrogen) atoms. The zero-order valence-corrected chi connectivity index (χ0v) is 17.1. The van der Waals surface area contributed by atoms with Gasteiger partial charge in [0.05, 0.1) is 18.7 Å². The molecule has 1 unspecified atom stereocenters. The zero-order chi connectivity index (χ0) is 20.2. The average Bonchev–Trinajstić information content (AvgIpc) is 3.18. The van der Waals surface area contributed by atoms with Crippen LogP contribution in [0.1, 0.15) is 17.8 Å². The second kappa shape index (κ2) is 8.52. The summed E-state index contributed by atoms with van der Waals surface area (Å²) >= 11 is 1.38. The summed E-state index contributed by atoms with van der Waals surface area (Å²) in [5, 5.41) is 12.2. The molecule has 1 aliphatic rings. The molecule has 1 aliphatic heterocycles. The molecule has 150 valence electrons. The van der Waals surface area contributed by atoms with Crippen LogP contribution < -0.4 is 15.0 Å². The summed E-state index contributed by atoms with van der Waals surface area (Å²) in [6, 6.07) is 9.74. The first kappa shape index (κ1) is 19.3. The van der Waals surface area contributed by atoms with Gasteiger partial charge in [0.25, 0.3) is 0 Å². The van der Waals surface area contributed by atoms with Gasteiger partial charge < -0.3 is 15.0 Å². The smallest absolute Gasteiger partial charge is 0.231 e. The molecule has 4 rings (SSSR count). The molecule has 0 spiro atoms. The van der Waals surface area contributed by atoms with Crippen molar-refractivity contribution in [2.75, 3.05) is 30.4 Å². The lowest BCUT2D eigenvalue weighted by molar-refractivity contribution is -0.120. The predicted molar refractivity (Wildman–Crippen MR) is 112 cm³/mol. The summed E-state index contributed by atoms with van der Waals surface area (Å²) in [6.45, 7) is 3.34. The molecule has 0 radical (unpaired) electrons. The Morgan fingerprint density at radius 1 is 1.24 bits per heavy atom. The van der Waals surface area contributed by atoms with Gasteiger partial charge in [0, 0.05) is 24.7 Å². The van der Waals surface area contributed by atoms with E-state index in [1.54, 1.807) is 13.4 Å². The number of aromatic nitrogens is 4. The van der Waals surface area contributed by atoms with E-state index in [1.165, 1.54) is 11.3 Å². The van der Waals surface area contributed by atoms with Crippen LogP contribution in [0.5, 0.6) is 5.75 Å². The Hall–Kier alpha value is -3.07. The molecule has 8 nitrogen and oxygen atoms in total. The molecule has 3 heterocycles. The van der Waals surface area contributed by atoms with E-state index >= 15 is 0 Å². The number of carbonyl (C=O) groups excluding carboxylic acids is 1. The molecule has 0 saturated carbocycles. The maximum Gasteiger partial charge on any atom is 0.231 e. The van der Waals surface area contributed by atoms with Crippen LogP contribution in [0.4, 0.5) is 10.9 Å². The summed E-state index contributed by atoms with van der Waals surface area (Å²) in [5.41, 5.74) is 1.83. The number of ether oxygens (including phenoxy) is 1. The van der Waals surface area contributed by atoms with E-state index in [4.69, 9.17) is 4.74 Å². The van der Waals surface area contributed by atoms with Crippen molar-refractivity contribution in [1.29, 1.82) is 0 Å². The Balaban J connectivity index is 1.47. The van der Waals surface area contributed by atoms with Gasteiger partial charge in [-0.1, -0.05) is 11.3 Å². The molecule has 3 aromatic rings. The van der Waals surface area contributed by atoms with Crippen LogP contribution in [0.25, 0.3) is 11.3 Å². The molecule has 1 aromatic carbocycles. The van der Waals surface area contributed by atoms with E-state index in [0.717, 1.165) is 47.2 Å². The van der Waals surface area contributed by atoms with Gasteiger partial charge in [0.2, 0.25) is 11.0 Å². The van der Waals surface area contributed by atoms with Crippen molar-refractivity contribution in [3.05, 3.63) is 41.7 Å². The first-order valence-corrected chi connectivity index (χ1v) is 10.3. The number of amides is 1. The summed E-state index contributed by atoms with van der Waals surface area (Å²) in [7, 11) is 1.65. The Bertz CT molecular complexity index is 991. The molecule has 1 atom stereocenters. The molecule has 0 aliphatic carbocycles. The van der Waals surface area contributed by atoms with Crippen molar-refractivity contribution in [1.82, 2.24) is 20.2 Å². The van der Waals surface area contributed by atoms with E-state index in [0.29, 0.717) is 11.7 Å². The number of nitrogens with zero attached hydrogens (tertiary/aromatic N) is 5. The highest BCUT2D eigenvalue weighted by molar-refractivity contribution is 7.15. The van der Waals surface area contributed by atoms with Crippen LogP contribution in [0.3, 0.4) is 0 Å². The fraction of sp³-hybridized carbons (Fsp3) is 0.350. The van der Waals surface area contributed by atoms with Gasteiger partial charge in [-0.05, 0) is 44.0 Å². The predicted octanol–water partition coefficient (Wildman–Crippen LogP) is 3.17. The van der Waals surface area contributed by atoms with Crippen molar-refractivity contribution < 1.29 is 9.53 Å². The molecular formula is C20H22N6O2S. The van der Waals surface area contributed by atoms with Gasteiger partial charge in [-0.3, -0.25) is 4.79 Å². The molecule has 1 N–H and O–H groups in total. The van der Waals surface area contributed by atoms with Gasteiger partial charge in [-0.25, -0.2) is 9.97 Å². The monoisotopic (exact) mass is 410 g/mol. The highest BCUT2D eigenvalue weighted by Gasteiger charge is 2.27. The number of methoxy groups -OCH3 is 1. The minimum Gasteiger partial charge on any atom is -0.497 e. The van der Waals surface area contributed by atoms with Crippen molar-refractivity contribution in [3.63, 3.8) is 0 Å². The molecule has 1 fully saturated rings. The van der Waals surface area contributed by atoms with Crippen LogP contribution in [-0.4, -0.2) is 46.3 Å². The van der Waals surface area contributed by atoms with Crippen LogP contribution in [0.2, 0.25) is 0 Å². The fourth-order valence-corrected chi connectivity index (χ4v) is 3.99. The van der Waals surface area contributed by atoms with E-state index < -0.39 is 0 Å². The van der Waals surface area contributed by atoms with Crippen molar-refractivity contribution in [2.24, 2.45) is 5.92 Å². The second-order valence-corrected chi connectivity index (χ2v) is 8.07. The van der Waals surface area contributed by atoms with E-state index in [-0.39, 0.29) is 11.8 Å². The number of nitrogens with one attached hydrogen (secondary N) is 1. The number of hydrogen-bond acceptors (Lipinski definition) is 8. The summed E-state index contributed by atoms with van der Waals surface area (Å²) < 4.78 is 5.22. The van der Waals surface area contributed by atoms with Gasteiger partial charge in [0.1, 0.15) is 22.9 Å². The van der Waals surface area contributed by atoms with Crippen LogP contribution in [0, 0.1) is 12.8 Å². The number of piperidine rings is 1. The molecule has 0 bridgehead atoms. The lowest BCUT2D eigenvalue weighted by Crippen LogP contribution is -2.41. The number of anilines is 2. The SMILES string of the molecule is COc1ccc(-c2cc(N3CCCC(C(=O)Nc4nnc(C)s4)C3)ncn2)cc1. The number of aryl methyl sites for hydroxylation is 1. The maximum atomic E-state index is 12.7. The van der Waals surface area contributed by atoms with Crippen LogP contribution >= 0.6 is 11.3 Å². The summed E-state index contributed by atoms with van der Waals surface area (Å²) in [4.78, 5) is 23.6. The van der Waals surface area contributed by atoms with Gasteiger partial charge >= 0.3 is 0 Å². The highest BCUT2D eigenvalue weighted by Crippen LogP contribution is 2.27. The average molecular weight is 411 g/mol. The van der Waals surface area contributed by atoms with Crippen LogP contribution in [-0.2, 0) is 4.79 Å². The molecule has 1 amide bonds. The Kier molecular flexibility index (Phi) is 5.66. The first-order valence-electron chi connectivity index (χ1n) is 9.45. The van der Waals surface area contributed by atoms with Crippen molar-refractivity contribution in [3.8, 4) is 17.0 Å². The number of hydrogen-bond donors (Lipinski definition) is 1. The zero-order valence-electron chi connectivity index (χ0n) is 16.3. The summed E-state index contributed by atoms with van der Waals surface area (Å²) in [6.07, 6.45) is 3.34. The van der Waals surface area contributed by atoms with Crippen molar-refractivity contribution >= 4 is 28.2 Å². The third kappa shape index (κ3) is 4.51. The third-order valence-corrected chi connectivity index (χ3v) is 5.66. The molecular weight excluding hydrogens is 388 g/mol. The van der Waals surface area contributed by atoms with Gasteiger partial charge in [-0.2, -0.15) is 0 Å². The minimum absolute atomic E-state index is 0.0183. The van der Waals surface area contributed by atoms with Gasteiger partial charge in [0.15, 0.2) is 0 Å². The minimum atomic E-state index is -0.118. The molecule has 9 heteroatoms. The van der Waals surface area contributed by atoms with E-state index in [2.05, 4.69) is 30.4 Å². The number of benzene rings is 1. The number of rotatable bonds is 5. The maximum absolute atomic E-state index is 12.7. The fourth-order valence-electron chi connectivity index (χ4n) is 3.39. The van der Waals surface area contributed by atoms with Crippen molar-refractivity contribution in [2.45, 2.75) is 19.8 Å². The topological polar surface area (TPSA) is 93.1 Å². The van der Waals surface area contributed by atoms with E-state index in [1.807, 2.05) is 37.3 Å². The summed E-state index contributed by atoms with van der Waals surface area (Å²) in [5.74, 6) is 1.50. The van der Waals surface area contributed by atoms with E-state index in [9.17, 15) is 4.79 Å². The highest BCUT2D eigenvalue weighted by atomic mass is 32.1. The Labute approximate surface area is 173 Å². The number of carbonyl (C=O) groups is 1. The quantitative estimate of drug-likeness (QED) is 0.690. The first-order chi connectivity index (χ1) is 14.1. The lowest BCUT2D eigenvalue weighted by atomic mass is 9.97.